The number of fused-ring (bicyclic) bond motifs is 1. The fourth-order valence-electron chi connectivity index (χ4n) is 7.27. The molecule has 306 valence electrons. The number of likely N-dealkylation sites (tertiary alicyclic amines) is 1. The van der Waals surface area contributed by atoms with Crippen LogP contribution in [0.5, 0.6) is 11.6 Å². The summed E-state index contributed by atoms with van der Waals surface area (Å²) in [4.78, 5) is 61.2. The Kier molecular flexibility index (Phi) is 11.4. The van der Waals surface area contributed by atoms with E-state index in [1.54, 1.807) is 74.2 Å². The molecule has 2 saturated carbocycles. The molecule has 16 heteroatoms. The monoisotopic (exact) mass is 823 g/mol. The van der Waals surface area contributed by atoms with Gasteiger partial charge in [0.25, 0.3) is 5.91 Å². The number of rotatable bonds is 13. The van der Waals surface area contributed by atoms with Crippen molar-refractivity contribution in [3.05, 3.63) is 71.9 Å². The molecule has 3 aromatic rings. The maximum Gasteiger partial charge on any atom is 0.338 e. The number of nitrogens with zero attached hydrogens (tertiary/aromatic N) is 2. The zero-order chi connectivity index (χ0) is 41.7. The molecule has 57 heavy (non-hydrogen) atoms. The third-order valence-corrected chi connectivity index (χ3v) is 12.5. The number of pyridine rings is 1. The van der Waals surface area contributed by atoms with Gasteiger partial charge in [-0.15, -0.1) is 6.58 Å². The highest BCUT2D eigenvalue weighted by Gasteiger charge is 2.67. The second kappa shape index (κ2) is 15.6. The van der Waals surface area contributed by atoms with Crippen LogP contribution in [0.4, 0.5) is 5.69 Å². The summed E-state index contributed by atoms with van der Waals surface area (Å²) in [7, 11) is -2.41. The van der Waals surface area contributed by atoms with Crippen molar-refractivity contribution in [1.29, 1.82) is 0 Å². The van der Waals surface area contributed by atoms with Crippen LogP contribution in [0.2, 0.25) is 5.02 Å². The fourth-order valence-corrected chi connectivity index (χ4v) is 8.80. The van der Waals surface area contributed by atoms with Crippen molar-refractivity contribution < 1.29 is 41.8 Å². The summed E-state index contributed by atoms with van der Waals surface area (Å²) in [5.41, 5.74) is -1.96. The Morgan fingerprint density at radius 1 is 1.04 bits per heavy atom. The molecule has 3 N–H and O–H groups in total. The number of imide groups is 1. The quantitative estimate of drug-likeness (QED) is 0.148. The number of nitrogens with one attached hydrogen (secondary N) is 3. The molecule has 0 bridgehead atoms. The van der Waals surface area contributed by atoms with Gasteiger partial charge in [-0.25, -0.2) is 18.2 Å². The molecule has 2 heterocycles. The first-order chi connectivity index (χ1) is 26.7. The number of benzene rings is 2. The lowest BCUT2D eigenvalue weighted by Crippen LogP contribution is -2.59. The van der Waals surface area contributed by atoms with E-state index in [4.69, 9.17) is 25.8 Å². The van der Waals surface area contributed by atoms with E-state index in [-0.39, 0.29) is 25.3 Å². The number of sulfonamides is 1. The second-order valence-electron chi connectivity index (χ2n) is 17.0. The molecule has 6 rings (SSSR count). The van der Waals surface area contributed by atoms with Crippen LogP contribution in [0.25, 0.3) is 10.8 Å². The fraction of sp³-hybridized carbons (Fsp3) is 0.488. The van der Waals surface area contributed by atoms with E-state index < -0.39 is 79.6 Å². The van der Waals surface area contributed by atoms with E-state index in [1.807, 2.05) is 20.8 Å². The molecule has 0 radical (unpaired) electrons. The summed E-state index contributed by atoms with van der Waals surface area (Å²) in [6.07, 6.45) is 3.51. The highest BCUT2D eigenvalue weighted by Crippen LogP contribution is 2.53. The van der Waals surface area contributed by atoms with Gasteiger partial charge >= 0.3 is 5.97 Å². The summed E-state index contributed by atoms with van der Waals surface area (Å²) < 4.78 is 45.7. The second-order valence-corrected chi connectivity index (χ2v) is 19.4. The van der Waals surface area contributed by atoms with Crippen LogP contribution < -0.4 is 24.8 Å². The van der Waals surface area contributed by atoms with Gasteiger partial charge in [-0.2, -0.15) is 0 Å². The van der Waals surface area contributed by atoms with Crippen LogP contribution in [-0.4, -0.2) is 90.2 Å². The van der Waals surface area contributed by atoms with E-state index >= 15 is 0 Å². The Labute approximate surface area is 338 Å². The topological polar surface area (TPSA) is 182 Å². The van der Waals surface area contributed by atoms with Gasteiger partial charge in [0.1, 0.15) is 29.0 Å². The minimum Gasteiger partial charge on any atom is -0.494 e. The smallest absolute Gasteiger partial charge is 0.338 e. The Morgan fingerprint density at radius 3 is 2.30 bits per heavy atom. The summed E-state index contributed by atoms with van der Waals surface area (Å²) in [6, 6.07) is 9.63. The summed E-state index contributed by atoms with van der Waals surface area (Å²) in [5.74, 6) is -2.33. The highest BCUT2D eigenvalue weighted by molar-refractivity contribution is 7.91. The van der Waals surface area contributed by atoms with Crippen LogP contribution in [0, 0.1) is 11.3 Å². The number of anilines is 1. The van der Waals surface area contributed by atoms with Gasteiger partial charge in [-0.3, -0.25) is 29.3 Å². The zero-order valence-corrected chi connectivity index (χ0v) is 34.8. The van der Waals surface area contributed by atoms with Crippen molar-refractivity contribution in [2.75, 3.05) is 19.0 Å². The van der Waals surface area contributed by atoms with Gasteiger partial charge in [0.2, 0.25) is 27.7 Å². The minimum atomic E-state index is -3.93. The molecular formula is C41H50ClN5O9S. The Hall–Kier alpha value is -4.73. The molecule has 0 spiro atoms. The first-order valence-electron chi connectivity index (χ1n) is 18.9. The minimum absolute atomic E-state index is 0.0221. The highest BCUT2D eigenvalue weighted by atomic mass is 35.5. The van der Waals surface area contributed by atoms with Crippen LogP contribution in [0.15, 0.2) is 61.3 Å². The number of carbonyl (C=O) groups is 4. The summed E-state index contributed by atoms with van der Waals surface area (Å²) in [6.45, 7) is 14.8. The number of carbonyl (C=O) groups excluding carboxylic acids is 4. The van der Waals surface area contributed by atoms with Gasteiger partial charge in [-0.05, 0) is 87.9 Å². The van der Waals surface area contributed by atoms with Crippen LogP contribution in [-0.2, 0) is 29.1 Å². The normalized spacial score (nSPS) is 22.9. The molecule has 3 aliphatic rings. The van der Waals surface area contributed by atoms with E-state index in [2.05, 4.69) is 26.9 Å². The predicted molar refractivity (Wildman–Crippen MR) is 216 cm³/mol. The zero-order valence-electron chi connectivity index (χ0n) is 33.2. The average molecular weight is 824 g/mol. The Balaban J connectivity index is 1.28. The molecule has 3 amide bonds. The maximum atomic E-state index is 14.4. The number of amides is 3. The molecule has 3 fully saturated rings. The molecule has 2 aromatic carbocycles. The van der Waals surface area contributed by atoms with E-state index in [0.717, 1.165) is 0 Å². The van der Waals surface area contributed by atoms with Crippen LogP contribution in [0.1, 0.15) is 77.6 Å². The van der Waals surface area contributed by atoms with E-state index in [9.17, 15) is 27.6 Å². The molecule has 2 aliphatic carbocycles. The lowest BCUT2D eigenvalue weighted by molar-refractivity contribution is -0.136. The first-order valence-corrected chi connectivity index (χ1v) is 20.8. The third-order valence-electron chi connectivity index (χ3n) is 10.4. The standard InChI is InChI=1S/C41H50ClN5O9S/c1-9-24-20-41(24,38(51)46-57(52,53)28-15-16-28)47-22-27(55-36-30-18-25(42)12-17-29(30)32(54-8)21-43-36)19-31(47)34(48)45-35(49)33(39(2,3)4)44-26-13-10-23(11-14-26)37(50)56-40(5,6)7/h9-14,17-18,21,24,27-28,31,33,44H,1,15-16,19-20,22H2,2-8H3,(H,46,51)(H,45,48,49)/t24-,27?,31+,33+,41-/m1/s1. The van der Waals surface area contributed by atoms with Crippen molar-refractivity contribution in [3.63, 3.8) is 0 Å². The van der Waals surface area contributed by atoms with E-state index in [1.165, 1.54) is 13.3 Å². The lowest BCUT2D eigenvalue weighted by atomic mass is 9.85. The van der Waals surface area contributed by atoms with Gasteiger partial charge < -0.3 is 19.5 Å². The number of halogens is 1. The SMILES string of the molecule is C=C[C@@H]1C[C@@]1(C(=O)NS(=O)(=O)C1CC1)N1CC(Oc2ncc(OC)c3ccc(Cl)cc23)C[C@H]1C(=O)NC(=O)[C@H](Nc1ccc(C(=O)OC(C)(C)C)cc1)C(C)(C)C. The predicted octanol–water partition coefficient (Wildman–Crippen LogP) is 5.40. The molecule has 1 saturated heterocycles. The van der Waals surface area contributed by atoms with Gasteiger partial charge in [0.05, 0.1) is 30.2 Å². The number of hydrogen-bond donors (Lipinski definition) is 3. The van der Waals surface area contributed by atoms with Crippen LogP contribution in [0.3, 0.4) is 0 Å². The van der Waals surface area contributed by atoms with Crippen molar-refractivity contribution in [3.8, 4) is 11.6 Å². The number of hydrogen-bond acceptors (Lipinski definition) is 12. The molecule has 1 unspecified atom stereocenters. The molecule has 14 nitrogen and oxygen atoms in total. The van der Waals surface area contributed by atoms with Crippen LogP contribution >= 0.6 is 11.6 Å². The molecular weight excluding hydrogens is 774 g/mol. The largest absolute Gasteiger partial charge is 0.494 e. The molecule has 5 atom stereocenters. The Morgan fingerprint density at radius 2 is 1.72 bits per heavy atom. The number of ether oxygens (including phenoxy) is 3. The van der Waals surface area contributed by atoms with Gasteiger partial charge in [0, 0.05) is 40.4 Å². The first kappa shape index (κ1) is 41.9. The van der Waals surface area contributed by atoms with Crippen molar-refractivity contribution in [2.24, 2.45) is 11.3 Å². The molecule has 1 aliphatic heterocycles. The number of methoxy groups -OCH3 is 1. The van der Waals surface area contributed by atoms with Crippen molar-refractivity contribution >= 4 is 61.8 Å². The van der Waals surface area contributed by atoms with Crippen molar-refractivity contribution in [2.45, 2.75) is 102 Å². The van der Waals surface area contributed by atoms with Gasteiger partial charge in [0.15, 0.2) is 0 Å². The molecule has 1 aromatic heterocycles. The maximum absolute atomic E-state index is 14.4. The summed E-state index contributed by atoms with van der Waals surface area (Å²) >= 11 is 6.36. The third kappa shape index (κ3) is 9.05. The lowest BCUT2D eigenvalue weighted by Gasteiger charge is -2.34. The Bertz CT molecular complexity index is 2200. The summed E-state index contributed by atoms with van der Waals surface area (Å²) in [5, 5.41) is 6.83. The van der Waals surface area contributed by atoms with Crippen molar-refractivity contribution in [1.82, 2.24) is 19.9 Å². The number of esters is 1. The van der Waals surface area contributed by atoms with Gasteiger partial charge in [-0.1, -0.05) is 38.4 Å². The average Bonchev–Trinajstić information content (AvgIpc) is 4.06. The van der Waals surface area contributed by atoms with E-state index in [0.29, 0.717) is 45.6 Å². The number of aromatic nitrogens is 1.